The minimum absolute atomic E-state index is 0.195. The van der Waals surface area contributed by atoms with E-state index < -0.39 is 5.97 Å². The van der Waals surface area contributed by atoms with Gasteiger partial charge in [0.2, 0.25) is 0 Å². The lowest BCUT2D eigenvalue weighted by atomic mass is 10.1. The van der Waals surface area contributed by atoms with Gasteiger partial charge in [-0.25, -0.2) is 4.79 Å². The largest absolute Gasteiger partial charge is 0.478 e. The fourth-order valence-corrected chi connectivity index (χ4v) is 1.38. The first-order chi connectivity index (χ1) is 7.25. The van der Waals surface area contributed by atoms with E-state index in [0.717, 1.165) is 5.56 Å². The van der Waals surface area contributed by atoms with Crippen LogP contribution in [0, 0.1) is 0 Å². The van der Waals surface area contributed by atoms with E-state index in [1.165, 1.54) is 6.26 Å². The summed E-state index contributed by atoms with van der Waals surface area (Å²) in [7, 11) is 0. The molecule has 0 fully saturated rings. The van der Waals surface area contributed by atoms with Gasteiger partial charge in [-0.15, -0.1) is 0 Å². The third kappa shape index (κ3) is 2.26. The number of hydrogen-bond donors (Lipinski definition) is 1. The minimum Gasteiger partial charge on any atom is -0.478 e. The highest BCUT2D eigenvalue weighted by Crippen LogP contribution is 2.12. The standard InChI is InChI=1S/C12H10O3/c13-12(14)10-7-11(15-8-10)6-9-4-2-1-3-5-9/h1-5,7-8H,6H2,(H,13,14). The Morgan fingerprint density at radius 3 is 2.60 bits per heavy atom. The fourth-order valence-electron chi connectivity index (χ4n) is 1.38. The number of rotatable bonds is 3. The molecule has 0 saturated carbocycles. The first-order valence-corrected chi connectivity index (χ1v) is 4.60. The number of furan rings is 1. The Labute approximate surface area is 87.0 Å². The van der Waals surface area contributed by atoms with E-state index in [1.54, 1.807) is 6.07 Å². The average Bonchev–Trinajstić information content (AvgIpc) is 2.68. The second-order valence-corrected chi connectivity index (χ2v) is 3.27. The van der Waals surface area contributed by atoms with Crippen LogP contribution in [0.5, 0.6) is 0 Å². The number of hydrogen-bond acceptors (Lipinski definition) is 2. The predicted molar refractivity (Wildman–Crippen MR) is 54.9 cm³/mol. The van der Waals surface area contributed by atoms with Gasteiger partial charge in [0, 0.05) is 6.42 Å². The SMILES string of the molecule is O=C(O)c1coc(Cc2ccccc2)c1. The van der Waals surface area contributed by atoms with Crippen molar-refractivity contribution in [2.45, 2.75) is 6.42 Å². The highest BCUT2D eigenvalue weighted by molar-refractivity contribution is 5.87. The smallest absolute Gasteiger partial charge is 0.338 e. The molecule has 15 heavy (non-hydrogen) atoms. The third-order valence-corrected chi connectivity index (χ3v) is 2.12. The summed E-state index contributed by atoms with van der Waals surface area (Å²) in [6.45, 7) is 0. The zero-order chi connectivity index (χ0) is 10.7. The molecule has 3 heteroatoms. The Morgan fingerprint density at radius 2 is 2.00 bits per heavy atom. The van der Waals surface area contributed by atoms with Crippen LogP contribution in [0.1, 0.15) is 21.7 Å². The lowest BCUT2D eigenvalue weighted by Crippen LogP contribution is -1.92. The highest BCUT2D eigenvalue weighted by atomic mass is 16.4. The Bertz CT molecular complexity index is 457. The van der Waals surface area contributed by atoms with Crippen molar-refractivity contribution in [3.8, 4) is 0 Å². The monoisotopic (exact) mass is 202 g/mol. The molecule has 1 aromatic heterocycles. The molecule has 0 radical (unpaired) electrons. The van der Waals surface area contributed by atoms with Crippen molar-refractivity contribution in [1.82, 2.24) is 0 Å². The third-order valence-electron chi connectivity index (χ3n) is 2.12. The molecular weight excluding hydrogens is 192 g/mol. The number of carboxylic acid groups (broad SMARTS) is 1. The van der Waals surface area contributed by atoms with E-state index in [0.29, 0.717) is 12.2 Å². The molecule has 0 atom stereocenters. The molecule has 2 rings (SSSR count). The normalized spacial score (nSPS) is 10.1. The highest BCUT2D eigenvalue weighted by Gasteiger charge is 2.08. The number of benzene rings is 1. The van der Waals surface area contributed by atoms with Gasteiger partial charge >= 0.3 is 5.97 Å². The van der Waals surface area contributed by atoms with E-state index in [4.69, 9.17) is 9.52 Å². The van der Waals surface area contributed by atoms with Gasteiger partial charge in [-0.2, -0.15) is 0 Å². The van der Waals surface area contributed by atoms with Crippen molar-refractivity contribution in [1.29, 1.82) is 0 Å². The first-order valence-electron chi connectivity index (χ1n) is 4.60. The molecule has 1 aromatic carbocycles. The molecule has 0 spiro atoms. The second kappa shape index (κ2) is 4.00. The van der Waals surface area contributed by atoms with Gasteiger partial charge in [0.15, 0.2) is 0 Å². The molecule has 1 N–H and O–H groups in total. The molecule has 0 amide bonds. The van der Waals surface area contributed by atoms with Gasteiger partial charge < -0.3 is 9.52 Å². The van der Waals surface area contributed by atoms with Crippen LogP contribution in [0.3, 0.4) is 0 Å². The van der Waals surface area contributed by atoms with Crippen LogP contribution in [0.4, 0.5) is 0 Å². The summed E-state index contributed by atoms with van der Waals surface area (Å²) in [5.74, 6) is -0.295. The summed E-state index contributed by atoms with van der Waals surface area (Å²) in [6, 6.07) is 11.3. The summed E-state index contributed by atoms with van der Waals surface area (Å²) >= 11 is 0. The Balaban J connectivity index is 2.15. The van der Waals surface area contributed by atoms with Crippen LogP contribution >= 0.6 is 0 Å². The molecule has 3 nitrogen and oxygen atoms in total. The van der Waals surface area contributed by atoms with Crippen molar-refractivity contribution in [2.75, 3.05) is 0 Å². The molecule has 2 aromatic rings. The molecular formula is C12H10O3. The van der Waals surface area contributed by atoms with Crippen molar-refractivity contribution in [3.05, 3.63) is 59.5 Å². The van der Waals surface area contributed by atoms with E-state index >= 15 is 0 Å². The van der Waals surface area contributed by atoms with Crippen LogP contribution < -0.4 is 0 Å². The molecule has 76 valence electrons. The Kier molecular flexibility index (Phi) is 2.54. The molecule has 0 bridgehead atoms. The van der Waals surface area contributed by atoms with Crippen LogP contribution in [-0.2, 0) is 6.42 Å². The van der Waals surface area contributed by atoms with Gasteiger partial charge in [-0.05, 0) is 11.6 Å². The Hall–Kier alpha value is -2.03. The zero-order valence-corrected chi connectivity index (χ0v) is 8.01. The van der Waals surface area contributed by atoms with Gasteiger partial charge in [0.25, 0.3) is 0 Å². The van der Waals surface area contributed by atoms with Crippen LogP contribution in [0.15, 0.2) is 47.1 Å². The average molecular weight is 202 g/mol. The van der Waals surface area contributed by atoms with Crippen molar-refractivity contribution in [2.24, 2.45) is 0 Å². The maximum Gasteiger partial charge on any atom is 0.338 e. The van der Waals surface area contributed by atoms with Gasteiger partial charge in [-0.3, -0.25) is 0 Å². The molecule has 0 aliphatic rings. The maximum absolute atomic E-state index is 10.6. The number of carbonyl (C=O) groups is 1. The van der Waals surface area contributed by atoms with Gasteiger partial charge in [-0.1, -0.05) is 30.3 Å². The summed E-state index contributed by atoms with van der Waals surface area (Å²) in [5.41, 5.74) is 1.30. The van der Waals surface area contributed by atoms with E-state index in [1.807, 2.05) is 30.3 Å². The van der Waals surface area contributed by atoms with E-state index in [-0.39, 0.29) is 5.56 Å². The quantitative estimate of drug-likeness (QED) is 0.832. The summed E-state index contributed by atoms with van der Waals surface area (Å²) in [5, 5.41) is 8.70. The Morgan fingerprint density at radius 1 is 1.27 bits per heavy atom. The first kappa shape index (κ1) is 9.52. The topological polar surface area (TPSA) is 50.4 Å². The summed E-state index contributed by atoms with van der Waals surface area (Å²) < 4.78 is 5.15. The van der Waals surface area contributed by atoms with Crippen molar-refractivity contribution < 1.29 is 14.3 Å². The molecule has 0 aliphatic heterocycles. The van der Waals surface area contributed by atoms with Crippen LogP contribution in [0.2, 0.25) is 0 Å². The van der Waals surface area contributed by atoms with Gasteiger partial charge in [0.05, 0.1) is 5.56 Å². The predicted octanol–water partition coefficient (Wildman–Crippen LogP) is 2.57. The fraction of sp³-hybridized carbons (Fsp3) is 0.0833. The zero-order valence-electron chi connectivity index (χ0n) is 8.01. The molecule has 0 unspecified atom stereocenters. The van der Waals surface area contributed by atoms with E-state index in [2.05, 4.69) is 0 Å². The van der Waals surface area contributed by atoms with Crippen LogP contribution in [-0.4, -0.2) is 11.1 Å². The summed E-state index contributed by atoms with van der Waals surface area (Å²) in [4.78, 5) is 10.6. The van der Waals surface area contributed by atoms with Crippen molar-refractivity contribution in [3.63, 3.8) is 0 Å². The number of aromatic carboxylic acids is 1. The maximum atomic E-state index is 10.6. The molecule has 0 aliphatic carbocycles. The lowest BCUT2D eigenvalue weighted by Gasteiger charge is -1.95. The van der Waals surface area contributed by atoms with Crippen LogP contribution in [0.25, 0.3) is 0 Å². The lowest BCUT2D eigenvalue weighted by molar-refractivity contribution is 0.0696. The van der Waals surface area contributed by atoms with Gasteiger partial charge in [0.1, 0.15) is 12.0 Å². The number of carboxylic acids is 1. The minimum atomic E-state index is -0.960. The van der Waals surface area contributed by atoms with Crippen molar-refractivity contribution >= 4 is 5.97 Å². The second-order valence-electron chi connectivity index (χ2n) is 3.27. The molecule has 1 heterocycles. The molecule has 0 saturated heterocycles. The van der Waals surface area contributed by atoms with E-state index in [9.17, 15) is 4.79 Å². The summed E-state index contributed by atoms with van der Waals surface area (Å²) in [6.07, 6.45) is 1.88.